The molecule has 0 saturated heterocycles. The lowest BCUT2D eigenvalue weighted by atomic mass is 9.90. The monoisotopic (exact) mass is 323 g/mol. The van der Waals surface area contributed by atoms with Crippen LogP contribution in [-0.2, 0) is 14.9 Å². The van der Waals surface area contributed by atoms with Crippen molar-refractivity contribution in [3.05, 3.63) is 41.2 Å². The Morgan fingerprint density at radius 3 is 2.50 bits per heavy atom. The lowest BCUT2D eigenvalue weighted by Crippen LogP contribution is -2.30. The molecule has 1 heterocycles. The topological polar surface area (TPSA) is 89.1 Å². The van der Waals surface area contributed by atoms with Gasteiger partial charge in [0.1, 0.15) is 10.8 Å². The number of nitrogens with one attached hydrogen (secondary N) is 1. The molecule has 0 amide bonds. The summed E-state index contributed by atoms with van der Waals surface area (Å²) in [5.41, 5.74) is 5.14. The average molecular weight is 323 g/mol. The van der Waals surface area contributed by atoms with E-state index in [1.807, 2.05) is 0 Å². The maximum atomic E-state index is 12.9. The standard InChI is InChI=1S/C14H13FN2O2S.CH5N/c1-14(2,13(16)19-8-18)11-7-20-12(17-11)9-3-5-10(15)6-4-9;1-2/h3-8,16H,1-2H3;2H2,1H3. The van der Waals surface area contributed by atoms with Crippen molar-refractivity contribution in [2.24, 2.45) is 5.73 Å². The van der Waals surface area contributed by atoms with Gasteiger partial charge in [0.25, 0.3) is 6.47 Å². The molecule has 0 bridgehead atoms. The van der Waals surface area contributed by atoms with Crippen molar-refractivity contribution < 1.29 is 13.9 Å². The van der Waals surface area contributed by atoms with E-state index >= 15 is 0 Å². The van der Waals surface area contributed by atoms with Crippen molar-refractivity contribution in [2.75, 3.05) is 7.05 Å². The Bertz CT molecular complexity index is 638. The minimum Gasteiger partial charge on any atom is -0.413 e. The minimum absolute atomic E-state index is 0.163. The Balaban J connectivity index is 0.00000116. The molecule has 5 nitrogen and oxygen atoms in total. The molecule has 0 aliphatic rings. The van der Waals surface area contributed by atoms with Gasteiger partial charge in [-0.15, -0.1) is 11.3 Å². The van der Waals surface area contributed by atoms with Gasteiger partial charge in [0.15, 0.2) is 0 Å². The molecule has 0 unspecified atom stereocenters. The fraction of sp³-hybridized carbons (Fsp3) is 0.267. The molecule has 1 aromatic carbocycles. The second kappa shape index (κ2) is 7.77. The SMILES string of the molecule is CC(C)(C(=N)OC=O)c1csc(-c2ccc(F)cc2)n1.CN. The summed E-state index contributed by atoms with van der Waals surface area (Å²) >= 11 is 1.40. The van der Waals surface area contributed by atoms with E-state index in [9.17, 15) is 9.18 Å². The molecule has 2 rings (SSSR count). The molecular formula is C15H18FN3O2S. The zero-order valence-electron chi connectivity index (χ0n) is 12.6. The van der Waals surface area contributed by atoms with Gasteiger partial charge in [-0.3, -0.25) is 10.2 Å². The van der Waals surface area contributed by atoms with E-state index in [1.165, 1.54) is 30.5 Å². The van der Waals surface area contributed by atoms with Crippen molar-refractivity contribution in [3.8, 4) is 10.6 Å². The molecular weight excluding hydrogens is 305 g/mol. The smallest absolute Gasteiger partial charge is 0.299 e. The summed E-state index contributed by atoms with van der Waals surface area (Å²) in [5.74, 6) is -0.463. The summed E-state index contributed by atoms with van der Waals surface area (Å²) in [6.07, 6.45) is 0. The van der Waals surface area contributed by atoms with Gasteiger partial charge in [-0.2, -0.15) is 0 Å². The van der Waals surface area contributed by atoms with Crippen LogP contribution in [0.15, 0.2) is 29.6 Å². The maximum absolute atomic E-state index is 12.9. The van der Waals surface area contributed by atoms with Crippen LogP contribution in [-0.4, -0.2) is 24.4 Å². The number of hydrogen-bond acceptors (Lipinski definition) is 6. The Hall–Kier alpha value is -2.12. The highest BCUT2D eigenvalue weighted by atomic mass is 32.1. The fourth-order valence-corrected chi connectivity index (χ4v) is 2.59. The van der Waals surface area contributed by atoms with Crippen molar-refractivity contribution in [3.63, 3.8) is 0 Å². The number of rotatable bonds is 4. The van der Waals surface area contributed by atoms with Crippen LogP contribution >= 0.6 is 11.3 Å². The quantitative estimate of drug-likeness (QED) is 0.514. The first-order valence-electron chi connectivity index (χ1n) is 6.44. The zero-order valence-corrected chi connectivity index (χ0v) is 13.4. The summed E-state index contributed by atoms with van der Waals surface area (Å²) < 4.78 is 17.5. The summed E-state index contributed by atoms with van der Waals surface area (Å²) in [4.78, 5) is 14.8. The zero-order chi connectivity index (χ0) is 16.8. The van der Waals surface area contributed by atoms with Gasteiger partial charge in [-0.25, -0.2) is 9.37 Å². The van der Waals surface area contributed by atoms with Gasteiger partial charge < -0.3 is 10.5 Å². The van der Waals surface area contributed by atoms with Crippen molar-refractivity contribution in [1.29, 1.82) is 5.41 Å². The van der Waals surface area contributed by atoms with Crippen LogP contribution < -0.4 is 5.73 Å². The van der Waals surface area contributed by atoms with Crippen LogP contribution in [0.1, 0.15) is 19.5 Å². The molecule has 3 N–H and O–H groups in total. The predicted octanol–water partition coefficient (Wildman–Crippen LogP) is 2.95. The Labute approximate surface area is 132 Å². The van der Waals surface area contributed by atoms with Crippen molar-refractivity contribution in [1.82, 2.24) is 4.98 Å². The number of thiazole rings is 1. The lowest BCUT2D eigenvalue weighted by molar-refractivity contribution is -0.122. The molecule has 2 aromatic rings. The number of hydrogen-bond donors (Lipinski definition) is 2. The Kier molecular flexibility index (Phi) is 6.33. The first kappa shape index (κ1) is 17.9. The van der Waals surface area contributed by atoms with Crippen LogP contribution in [0.4, 0.5) is 4.39 Å². The van der Waals surface area contributed by atoms with Gasteiger partial charge in [-0.05, 0) is 45.2 Å². The molecule has 0 aliphatic heterocycles. The Morgan fingerprint density at radius 2 is 1.95 bits per heavy atom. The molecule has 0 fully saturated rings. The molecule has 0 spiro atoms. The molecule has 0 saturated carbocycles. The average Bonchev–Trinajstić information content (AvgIpc) is 3.01. The second-order valence-corrected chi connectivity index (χ2v) is 5.57. The van der Waals surface area contributed by atoms with Crippen molar-refractivity contribution in [2.45, 2.75) is 19.3 Å². The van der Waals surface area contributed by atoms with Gasteiger partial charge in [-0.1, -0.05) is 0 Å². The summed E-state index contributed by atoms with van der Waals surface area (Å²) in [7, 11) is 1.50. The van der Waals surface area contributed by atoms with Gasteiger partial charge in [0, 0.05) is 10.9 Å². The molecule has 22 heavy (non-hydrogen) atoms. The number of nitrogens with zero attached hydrogens (tertiary/aromatic N) is 1. The third-order valence-corrected chi connectivity index (χ3v) is 3.86. The third-order valence-electron chi connectivity index (χ3n) is 2.97. The summed E-state index contributed by atoms with van der Waals surface area (Å²) in [5, 5.41) is 10.3. The van der Waals surface area contributed by atoms with Crippen molar-refractivity contribution >= 4 is 23.7 Å². The first-order valence-corrected chi connectivity index (χ1v) is 7.32. The maximum Gasteiger partial charge on any atom is 0.299 e. The molecule has 7 heteroatoms. The highest BCUT2D eigenvalue weighted by molar-refractivity contribution is 7.13. The largest absolute Gasteiger partial charge is 0.413 e. The molecule has 118 valence electrons. The summed E-state index contributed by atoms with van der Waals surface area (Å²) in [6, 6.07) is 6.05. The second-order valence-electron chi connectivity index (χ2n) is 4.71. The third kappa shape index (κ3) is 3.96. The van der Waals surface area contributed by atoms with Crippen LogP contribution in [0.25, 0.3) is 10.6 Å². The fourth-order valence-electron chi connectivity index (χ4n) is 1.60. The van der Waals surface area contributed by atoms with E-state index in [1.54, 1.807) is 31.4 Å². The van der Waals surface area contributed by atoms with Gasteiger partial charge in [0.2, 0.25) is 5.90 Å². The van der Waals surface area contributed by atoms with E-state index in [4.69, 9.17) is 5.41 Å². The number of carbonyl (C=O) groups excluding carboxylic acids is 1. The molecule has 0 radical (unpaired) electrons. The summed E-state index contributed by atoms with van der Waals surface area (Å²) in [6.45, 7) is 3.74. The normalized spacial score (nSPS) is 10.4. The minimum atomic E-state index is -0.796. The van der Waals surface area contributed by atoms with E-state index in [2.05, 4.69) is 15.5 Å². The molecule has 0 aliphatic carbocycles. The number of carbonyl (C=O) groups is 1. The first-order chi connectivity index (χ1) is 10.4. The highest BCUT2D eigenvalue weighted by Crippen LogP contribution is 2.31. The highest BCUT2D eigenvalue weighted by Gasteiger charge is 2.31. The van der Waals surface area contributed by atoms with Gasteiger partial charge in [0.05, 0.1) is 11.1 Å². The van der Waals surface area contributed by atoms with E-state index < -0.39 is 5.41 Å². The molecule has 1 aromatic heterocycles. The van der Waals surface area contributed by atoms with E-state index in [0.29, 0.717) is 5.69 Å². The lowest BCUT2D eigenvalue weighted by Gasteiger charge is -2.20. The van der Waals surface area contributed by atoms with E-state index in [-0.39, 0.29) is 18.2 Å². The van der Waals surface area contributed by atoms with Crippen LogP contribution in [0, 0.1) is 11.2 Å². The number of benzene rings is 1. The van der Waals surface area contributed by atoms with Gasteiger partial charge >= 0.3 is 0 Å². The number of nitrogens with two attached hydrogens (primary N) is 1. The van der Waals surface area contributed by atoms with E-state index in [0.717, 1.165) is 10.6 Å². The van der Waals surface area contributed by atoms with Crippen LogP contribution in [0.2, 0.25) is 0 Å². The van der Waals surface area contributed by atoms with Crippen LogP contribution in [0.3, 0.4) is 0 Å². The predicted molar refractivity (Wildman–Crippen MR) is 85.5 cm³/mol. The van der Waals surface area contributed by atoms with Crippen LogP contribution in [0.5, 0.6) is 0 Å². The Morgan fingerprint density at radius 1 is 1.36 bits per heavy atom. The number of ether oxygens (including phenoxy) is 1. The number of aromatic nitrogens is 1. The number of halogens is 1. The molecule has 0 atom stereocenters.